The van der Waals surface area contributed by atoms with E-state index in [1.807, 2.05) is 59.7 Å². The van der Waals surface area contributed by atoms with E-state index in [-0.39, 0.29) is 12.3 Å². The van der Waals surface area contributed by atoms with Crippen molar-refractivity contribution in [2.45, 2.75) is 32.4 Å². The van der Waals surface area contributed by atoms with Gasteiger partial charge in [0.15, 0.2) is 5.17 Å². The Morgan fingerprint density at radius 2 is 1.73 bits per heavy atom. The lowest BCUT2D eigenvalue weighted by molar-refractivity contribution is -0.136. The van der Waals surface area contributed by atoms with Crippen molar-refractivity contribution in [3.63, 3.8) is 0 Å². The Morgan fingerprint density at radius 1 is 1.05 bits per heavy atom. The summed E-state index contributed by atoms with van der Waals surface area (Å²) in [4.78, 5) is 34.8. The van der Waals surface area contributed by atoms with Crippen LogP contribution in [-0.2, 0) is 20.9 Å². The Balaban J connectivity index is 1.72. The van der Waals surface area contributed by atoms with Crippen LogP contribution in [0.4, 0.5) is 0 Å². The molecule has 4 rings (SSSR count). The van der Waals surface area contributed by atoms with Gasteiger partial charge in [0.1, 0.15) is 11.5 Å². The number of nitrogens with zero attached hydrogens (tertiary/aromatic N) is 3. The molecule has 37 heavy (non-hydrogen) atoms. The van der Waals surface area contributed by atoms with Crippen LogP contribution in [-0.4, -0.2) is 55.2 Å². The molecule has 2 aliphatic heterocycles. The van der Waals surface area contributed by atoms with Gasteiger partial charge in [-0.25, -0.2) is 9.79 Å². The lowest BCUT2D eigenvalue weighted by Crippen LogP contribution is -2.38. The van der Waals surface area contributed by atoms with Gasteiger partial charge in [-0.3, -0.25) is 4.79 Å². The number of ether oxygens (including phenoxy) is 3. The van der Waals surface area contributed by atoms with Crippen molar-refractivity contribution in [2.24, 2.45) is 4.99 Å². The van der Waals surface area contributed by atoms with Crippen LogP contribution in [0.25, 0.3) is 0 Å². The maximum Gasteiger partial charge on any atom is 0.338 e. The summed E-state index contributed by atoms with van der Waals surface area (Å²) in [7, 11) is 6.32. The lowest BCUT2D eigenvalue weighted by Gasteiger charge is -2.37. The molecule has 2 heterocycles. The van der Waals surface area contributed by atoms with Crippen LogP contribution in [0.1, 0.15) is 36.9 Å². The van der Waals surface area contributed by atoms with Gasteiger partial charge >= 0.3 is 5.97 Å². The number of aliphatic imine (C=N–C) groups is 1. The van der Waals surface area contributed by atoms with Gasteiger partial charge in [-0.1, -0.05) is 49.0 Å². The van der Waals surface area contributed by atoms with E-state index in [4.69, 9.17) is 19.2 Å². The molecule has 0 saturated heterocycles. The van der Waals surface area contributed by atoms with Crippen LogP contribution < -0.4 is 9.47 Å². The summed E-state index contributed by atoms with van der Waals surface area (Å²) >= 11 is 1.45. The van der Waals surface area contributed by atoms with E-state index < -0.39 is 12.0 Å². The Morgan fingerprint density at radius 3 is 2.32 bits per heavy atom. The molecule has 0 aliphatic carbocycles. The van der Waals surface area contributed by atoms with Crippen LogP contribution in [0.3, 0.4) is 0 Å². The minimum Gasteiger partial charge on any atom is -0.497 e. The molecule has 0 bridgehead atoms. The van der Waals surface area contributed by atoms with E-state index in [2.05, 4.69) is 0 Å². The van der Waals surface area contributed by atoms with Crippen LogP contribution >= 0.6 is 11.8 Å². The van der Waals surface area contributed by atoms with Crippen molar-refractivity contribution in [3.05, 3.63) is 82.0 Å². The molecule has 2 aromatic carbocycles. The maximum absolute atomic E-state index is 13.3. The second-order valence-electron chi connectivity index (χ2n) is 8.66. The Labute approximate surface area is 221 Å². The highest BCUT2D eigenvalue weighted by atomic mass is 32.2. The summed E-state index contributed by atoms with van der Waals surface area (Å²) in [6, 6.07) is 14.8. The number of amides is 1. The fourth-order valence-corrected chi connectivity index (χ4v) is 5.39. The largest absolute Gasteiger partial charge is 0.497 e. The molecular weight excluding hydrogens is 490 g/mol. The van der Waals surface area contributed by atoms with Gasteiger partial charge in [-0.2, -0.15) is 0 Å². The minimum atomic E-state index is -0.563. The molecule has 0 spiro atoms. The molecule has 0 fully saturated rings. The monoisotopic (exact) mass is 521 g/mol. The summed E-state index contributed by atoms with van der Waals surface area (Å²) in [6.45, 7) is 2.46. The highest BCUT2D eigenvalue weighted by molar-refractivity contribution is 8.16. The lowest BCUT2D eigenvalue weighted by atomic mass is 9.92. The van der Waals surface area contributed by atoms with E-state index in [1.165, 1.54) is 18.9 Å². The maximum atomic E-state index is 13.3. The molecular formula is C28H31N3O5S. The summed E-state index contributed by atoms with van der Waals surface area (Å²) in [5, 5.41) is 2.65. The number of fused-ring (bicyclic) bond motifs is 1. The standard InChI is InChI=1S/C28H31N3O5S/c1-6-23-25(27(33)36-5)26(19-12-21(34-3)15-22(13-19)35-4)31-20(17-37-28(31)29-23)14-24(32)30(2)16-18-10-8-7-9-11-18/h7-13,15,17,26H,6,14,16H2,1-5H3/t26-/m1/s1. The molecule has 2 aliphatic rings. The minimum absolute atomic E-state index is 0.0381. The van der Waals surface area contributed by atoms with E-state index in [0.29, 0.717) is 40.9 Å². The van der Waals surface area contributed by atoms with E-state index in [0.717, 1.165) is 16.8 Å². The molecule has 2 aromatic rings. The van der Waals surface area contributed by atoms with Gasteiger partial charge in [0.2, 0.25) is 5.91 Å². The first-order chi connectivity index (χ1) is 17.9. The van der Waals surface area contributed by atoms with Gasteiger partial charge in [-0.05, 0) is 35.1 Å². The first-order valence-corrected chi connectivity index (χ1v) is 12.8. The number of methoxy groups -OCH3 is 3. The first-order valence-electron chi connectivity index (χ1n) is 12.0. The third-order valence-corrected chi connectivity index (χ3v) is 7.23. The van der Waals surface area contributed by atoms with E-state index >= 15 is 0 Å². The zero-order chi connectivity index (χ0) is 26.5. The second-order valence-corrected chi connectivity index (χ2v) is 9.49. The molecule has 194 valence electrons. The number of thioether (sulfide) groups is 1. The molecule has 0 saturated carbocycles. The summed E-state index contributed by atoms with van der Waals surface area (Å²) in [6.07, 6.45) is 0.705. The normalized spacial score (nSPS) is 16.6. The third kappa shape index (κ3) is 5.51. The van der Waals surface area contributed by atoms with Crippen LogP contribution in [0.2, 0.25) is 0 Å². The van der Waals surface area contributed by atoms with Crippen LogP contribution in [0.15, 0.2) is 75.9 Å². The van der Waals surface area contributed by atoms with Crippen LogP contribution in [0.5, 0.6) is 11.5 Å². The molecule has 0 radical (unpaired) electrons. The average molecular weight is 522 g/mol. The number of carbonyl (C=O) groups excluding carboxylic acids is 2. The topological polar surface area (TPSA) is 80.7 Å². The Kier molecular flexibility index (Phi) is 8.23. The van der Waals surface area contributed by atoms with Gasteiger partial charge in [0.05, 0.1) is 45.1 Å². The highest BCUT2D eigenvalue weighted by Crippen LogP contribution is 2.46. The number of benzene rings is 2. The van der Waals surface area contributed by atoms with E-state index in [1.54, 1.807) is 32.2 Å². The zero-order valence-electron chi connectivity index (χ0n) is 21.7. The predicted octanol–water partition coefficient (Wildman–Crippen LogP) is 4.89. The fourth-order valence-electron chi connectivity index (χ4n) is 4.45. The first kappa shape index (κ1) is 26.3. The van der Waals surface area contributed by atoms with Crippen molar-refractivity contribution < 1.29 is 23.8 Å². The molecule has 1 amide bonds. The van der Waals surface area contributed by atoms with E-state index in [9.17, 15) is 9.59 Å². The molecule has 0 N–H and O–H groups in total. The molecule has 8 nitrogen and oxygen atoms in total. The smallest absolute Gasteiger partial charge is 0.338 e. The molecule has 0 aromatic heterocycles. The van der Waals surface area contributed by atoms with Crippen molar-refractivity contribution in [2.75, 3.05) is 28.4 Å². The molecule has 9 heteroatoms. The zero-order valence-corrected chi connectivity index (χ0v) is 22.5. The summed E-state index contributed by atoms with van der Waals surface area (Å²) in [5.74, 6) is 0.687. The van der Waals surface area contributed by atoms with Crippen molar-refractivity contribution >= 4 is 28.8 Å². The number of allylic oxidation sites excluding steroid dienone is 1. The van der Waals surface area contributed by atoms with Gasteiger partial charge in [0.25, 0.3) is 0 Å². The van der Waals surface area contributed by atoms with Crippen LogP contribution in [0, 0.1) is 0 Å². The summed E-state index contributed by atoms with van der Waals surface area (Å²) in [5.41, 5.74) is 3.67. The Bertz CT molecular complexity index is 1250. The Hall–Kier alpha value is -3.72. The fraction of sp³-hybridized carbons (Fsp3) is 0.321. The average Bonchev–Trinajstić information content (AvgIpc) is 3.33. The highest BCUT2D eigenvalue weighted by Gasteiger charge is 2.42. The number of esters is 1. The SMILES string of the molecule is CCC1=C(C(=O)OC)[C@@H](c2cc(OC)cc(OC)c2)N2C(CC(=O)N(C)Cc3ccccc3)=CSC2=N1. The summed E-state index contributed by atoms with van der Waals surface area (Å²) < 4.78 is 16.2. The third-order valence-electron chi connectivity index (χ3n) is 6.34. The quantitative estimate of drug-likeness (QED) is 0.435. The second kappa shape index (κ2) is 11.6. The molecule has 0 unspecified atom stereocenters. The number of carbonyl (C=O) groups is 2. The number of hydrogen-bond acceptors (Lipinski definition) is 8. The predicted molar refractivity (Wildman–Crippen MR) is 144 cm³/mol. The van der Waals surface area contributed by atoms with Crippen molar-refractivity contribution in [1.82, 2.24) is 9.80 Å². The molecule has 1 atom stereocenters. The van der Waals surface area contributed by atoms with Gasteiger partial charge < -0.3 is 24.0 Å². The van der Waals surface area contributed by atoms with Gasteiger partial charge in [0, 0.05) is 25.4 Å². The number of hydrogen-bond donors (Lipinski definition) is 0. The van der Waals surface area contributed by atoms with Gasteiger partial charge in [-0.15, -0.1) is 0 Å². The number of rotatable bonds is 9. The number of amidine groups is 1. The van der Waals surface area contributed by atoms with Crippen molar-refractivity contribution in [1.29, 1.82) is 0 Å². The van der Waals surface area contributed by atoms with Crippen molar-refractivity contribution in [3.8, 4) is 11.5 Å².